The van der Waals surface area contributed by atoms with E-state index >= 15 is 0 Å². The predicted octanol–water partition coefficient (Wildman–Crippen LogP) is 1.12. The lowest BCUT2D eigenvalue weighted by Crippen LogP contribution is -2.32. The van der Waals surface area contributed by atoms with Gasteiger partial charge in [-0.25, -0.2) is 0 Å². The summed E-state index contributed by atoms with van der Waals surface area (Å²) in [7, 11) is 0. The first kappa shape index (κ1) is 11.6. The molecule has 4 N–H and O–H groups in total. The van der Waals surface area contributed by atoms with E-state index in [9.17, 15) is 0 Å². The number of aromatic amines is 1. The summed E-state index contributed by atoms with van der Waals surface area (Å²) in [5.74, 6) is 0. The van der Waals surface area contributed by atoms with Gasteiger partial charge in [0.1, 0.15) is 0 Å². The molecule has 0 spiro atoms. The lowest BCUT2D eigenvalue weighted by Gasteiger charge is -2.10. The number of hydrogen-bond acceptors (Lipinski definition) is 3. The molecule has 1 aromatic heterocycles. The summed E-state index contributed by atoms with van der Waals surface area (Å²) in [6.07, 6.45) is 6.27. The molecule has 0 aliphatic heterocycles. The van der Waals surface area contributed by atoms with Gasteiger partial charge >= 0.3 is 0 Å². The van der Waals surface area contributed by atoms with Crippen molar-refractivity contribution in [2.75, 3.05) is 6.54 Å². The zero-order valence-electron chi connectivity index (χ0n) is 10.1. The molecule has 4 nitrogen and oxygen atoms in total. The van der Waals surface area contributed by atoms with Crippen molar-refractivity contribution in [1.29, 1.82) is 0 Å². The van der Waals surface area contributed by atoms with Gasteiger partial charge in [0, 0.05) is 24.8 Å². The highest BCUT2D eigenvalue weighted by atomic mass is 15.1. The van der Waals surface area contributed by atoms with Gasteiger partial charge in [-0.05, 0) is 38.2 Å². The average molecular weight is 222 g/mol. The third-order valence-corrected chi connectivity index (χ3v) is 3.36. The van der Waals surface area contributed by atoms with Gasteiger partial charge in [-0.3, -0.25) is 5.10 Å². The Balaban J connectivity index is 2.01. The molecule has 1 aliphatic carbocycles. The normalized spacial score (nSPS) is 17.9. The fourth-order valence-electron chi connectivity index (χ4n) is 2.23. The zero-order valence-corrected chi connectivity index (χ0v) is 10.1. The van der Waals surface area contributed by atoms with E-state index in [1.807, 2.05) is 0 Å². The molecule has 16 heavy (non-hydrogen) atoms. The first-order valence-corrected chi connectivity index (χ1v) is 6.29. The predicted molar refractivity (Wildman–Crippen MR) is 65.2 cm³/mol. The lowest BCUT2D eigenvalue weighted by molar-refractivity contribution is 0.547. The fraction of sp³-hybridized carbons (Fsp3) is 0.750. The van der Waals surface area contributed by atoms with Crippen LogP contribution in [-0.4, -0.2) is 22.8 Å². The molecule has 0 fully saturated rings. The van der Waals surface area contributed by atoms with Crippen LogP contribution in [0.25, 0.3) is 0 Å². The maximum Gasteiger partial charge on any atom is 0.0794 e. The molecule has 0 radical (unpaired) electrons. The van der Waals surface area contributed by atoms with Crippen LogP contribution < -0.4 is 11.1 Å². The van der Waals surface area contributed by atoms with E-state index < -0.39 is 0 Å². The van der Waals surface area contributed by atoms with Crippen LogP contribution in [0.15, 0.2) is 0 Å². The second-order valence-corrected chi connectivity index (χ2v) is 4.71. The van der Waals surface area contributed by atoms with Gasteiger partial charge in [0.15, 0.2) is 0 Å². The highest BCUT2D eigenvalue weighted by Gasteiger charge is 2.15. The molecular weight excluding hydrogens is 200 g/mol. The van der Waals surface area contributed by atoms with E-state index in [0.29, 0.717) is 12.6 Å². The molecule has 1 aliphatic rings. The van der Waals surface area contributed by atoms with Crippen LogP contribution in [0.4, 0.5) is 0 Å². The molecule has 1 atom stereocenters. The van der Waals surface area contributed by atoms with Crippen LogP contribution in [0.2, 0.25) is 0 Å². The van der Waals surface area contributed by atoms with E-state index in [4.69, 9.17) is 5.73 Å². The zero-order chi connectivity index (χ0) is 11.4. The molecule has 90 valence electrons. The molecule has 1 unspecified atom stereocenters. The van der Waals surface area contributed by atoms with Crippen molar-refractivity contribution in [3.8, 4) is 0 Å². The molecule has 4 heteroatoms. The van der Waals surface area contributed by atoms with Crippen LogP contribution in [0, 0.1) is 0 Å². The number of H-pyrrole nitrogens is 1. The molecule has 0 aromatic carbocycles. The second kappa shape index (κ2) is 5.46. The van der Waals surface area contributed by atoms with Gasteiger partial charge in [0.25, 0.3) is 0 Å². The van der Waals surface area contributed by atoms with E-state index in [-0.39, 0.29) is 0 Å². The van der Waals surface area contributed by atoms with Gasteiger partial charge in [0.2, 0.25) is 0 Å². The standard InChI is InChI=1S/C12H22N4/c1-9(7-13)14-8-12-10-5-3-2-4-6-11(10)15-16-12/h9,14H,2-8,13H2,1H3,(H,15,16). The average Bonchev–Trinajstić information content (AvgIpc) is 2.54. The third kappa shape index (κ3) is 2.62. The lowest BCUT2D eigenvalue weighted by atomic mass is 10.1. The second-order valence-electron chi connectivity index (χ2n) is 4.71. The summed E-state index contributed by atoms with van der Waals surface area (Å²) in [4.78, 5) is 0. The van der Waals surface area contributed by atoms with Crippen molar-refractivity contribution < 1.29 is 0 Å². The van der Waals surface area contributed by atoms with Crippen molar-refractivity contribution >= 4 is 0 Å². The fourth-order valence-corrected chi connectivity index (χ4v) is 2.23. The first-order valence-electron chi connectivity index (χ1n) is 6.29. The monoisotopic (exact) mass is 222 g/mol. The highest BCUT2D eigenvalue weighted by molar-refractivity contribution is 5.26. The summed E-state index contributed by atoms with van der Waals surface area (Å²) in [5.41, 5.74) is 9.58. The molecular formula is C12H22N4. The number of hydrogen-bond donors (Lipinski definition) is 3. The summed E-state index contributed by atoms with van der Waals surface area (Å²) >= 11 is 0. The molecule has 1 aromatic rings. The number of aromatic nitrogens is 2. The molecule has 0 saturated heterocycles. The van der Waals surface area contributed by atoms with E-state index in [1.54, 1.807) is 0 Å². The van der Waals surface area contributed by atoms with Crippen LogP contribution in [-0.2, 0) is 19.4 Å². The Labute approximate surface area is 97.0 Å². The molecule has 0 amide bonds. The molecule has 0 bridgehead atoms. The van der Waals surface area contributed by atoms with Gasteiger partial charge in [-0.1, -0.05) is 6.42 Å². The minimum Gasteiger partial charge on any atom is -0.329 e. The molecule has 2 rings (SSSR count). The Morgan fingerprint density at radius 1 is 1.38 bits per heavy atom. The summed E-state index contributed by atoms with van der Waals surface area (Å²) in [6, 6.07) is 0.359. The Bertz CT molecular complexity index is 332. The van der Waals surface area contributed by atoms with E-state index in [2.05, 4.69) is 22.4 Å². The molecule has 1 heterocycles. The number of aryl methyl sites for hydroxylation is 1. The van der Waals surface area contributed by atoms with Gasteiger partial charge in [-0.15, -0.1) is 0 Å². The van der Waals surface area contributed by atoms with Gasteiger partial charge in [0.05, 0.1) is 5.69 Å². The first-order chi connectivity index (χ1) is 7.81. The van der Waals surface area contributed by atoms with Crippen molar-refractivity contribution in [2.24, 2.45) is 5.73 Å². The molecule has 0 saturated carbocycles. The Kier molecular flexibility index (Phi) is 3.96. The Morgan fingerprint density at radius 2 is 2.19 bits per heavy atom. The van der Waals surface area contributed by atoms with Gasteiger partial charge in [-0.2, -0.15) is 5.10 Å². The topological polar surface area (TPSA) is 66.7 Å². The van der Waals surface area contributed by atoms with Crippen LogP contribution in [0.3, 0.4) is 0 Å². The van der Waals surface area contributed by atoms with Gasteiger partial charge < -0.3 is 11.1 Å². The summed E-state index contributed by atoms with van der Waals surface area (Å²) in [6.45, 7) is 3.61. The summed E-state index contributed by atoms with van der Waals surface area (Å²) < 4.78 is 0. The largest absolute Gasteiger partial charge is 0.329 e. The smallest absolute Gasteiger partial charge is 0.0794 e. The minimum atomic E-state index is 0.359. The quantitative estimate of drug-likeness (QED) is 0.669. The minimum absolute atomic E-state index is 0.359. The van der Waals surface area contributed by atoms with Crippen LogP contribution >= 0.6 is 0 Å². The number of nitrogens with one attached hydrogen (secondary N) is 2. The number of nitrogens with two attached hydrogens (primary N) is 1. The van der Waals surface area contributed by atoms with Crippen molar-refractivity contribution in [3.63, 3.8) is 0 Å². The summed E-state index contributed by atoms with van der Waals surface area (Å²) in [5, 5.41) is 11.0. The number of rotatable bonds is 4. The number of fused-ring (bicyclic) bond motifs is 1. The third-order valence-electron chi connectivity index (χ3n) is 3.36. The maximum absolute atomic E-state index is 5.58. The SMILES string of the molecule is CC(CN)NCc1n[nH]c2c1CCCCC2. The maximum atomic E-state index is 5.58. The Morgan fingerprint density at radius 3 is 3.00 bits per heavy atom. The number of nitrogens with zero attached hydrogens (tertiary/aromatic N) is 1. The van der Waals surface area contributed by atoms with Crippen molar-refractivity contribution in [1.82, 2.24) is 15.5 Å². The van der Waals surface area contributed by atoms with Crippen molar-refractivity contribution in [3.05, 3.63) is 17.0 Å². The van der Waals surface area contributed by atoms with Crippen LogP contribution in [0.5, 0.6) is 0 Å². The highest BCUT2D eigenvalue weighted by Crippen LogP contribution is 2.21. The Hall–Kier alpha value is -0.870. The van der Waals surface area contributed by atoms with Crippen LogP contribution in [0.1, 0.15) is 43.1 Å². The van der Waals surface area contributed by atoms with E-state index in [0.717, 1.165) is 13.0 Å². The van der Waals surface area contributed by atoms with E-state index in [1.165, 1.54) is 42.6 Å². The van der Waals surface area contributed by atoms with Crippen molar-refractivity contribution in [2.45, 2.75) is 51.6 Å².